The largest absolute Gasteiger partial charge is 0.341 e. The maximum absolute atomic E-state index is 12.8. The molecule has 8 heteroatoms. The van der Waals surface area contributed by atoms with Crippen LogP contribution < -0.4 is 4.90 Å². The van der Waals surface area contributed by atoms with Crippen LogP contribution >= 0.6 is 11.3 Å². The lowest BCUT2D eigenvalue weighted by Crippen LogP contribution is -2.37. The van der Waals surface area contributed by atoms with E-state index < -0.39 is 0 Å². The summed E-state index contributed by atoms with van der Waals surface area (Å²) >= 11 is 1.65. The number of carbonyl (C=O) groups is 1. The second-order valence-electron chi connectivity index (χ2n) is 9.55. The Morgan fingerprint density at radius 2 is 1.88 bits per heavy atom. The summed E-state index contributed by atoms with van der Waals surface area (Å²) in [5, 5.41) is 12.1. The van der Waals surface area contributed by atoms with Gasteiger partial charge in [-0.2, -0.15) is 0 Å². The first-order valence-corrected chi connectivity index (χ1v) is 12.0. The summed E-state index contributed by atoms with van der Waals surface area (Å²) in [7, 11) is 0. The molecule has 1 aromatic carbocycles. The van der Waals surface area contributed by atoms with Crippen molar-refractivity contribution in [2.24, 2.45) is 5.41 Å². The van der Waals surface area contributed by atoms with Gasteiger partial charge in [0, 0.05) is 38.0 Å². The van der Waals surface area contributed by atoms with Gasteiger partial charge in [0.05, 0.1) is 10.4 Å². The summed E-state index contributed by atoms with van der Waals surface area (Å²) in [4.78, 5) is 23.2. The predicted molar refractivity (Wildman–Crippen MR) is 129 cm³/mol. The van der Waals surface area contributed by atoms with Crippen LogP contribution in [0.25, 0.3) is 27.3 Å². The molecule has 1 fully saturated rings. The number of benzene rings is 1. The average molecular weight is 449 g/mol. The van der Waals surface area contributed by atoms with Crippen LogP contribution in [0.1, 0.15) is 33.6 Å². The van der Waals surface area contributed by atoms with E-state index in [9.17, 15) is 4.79 Å². The topological polar surface area (TPSA) is 66.6 Å². The van der Waals surface area contributed by atoms with Crippen LogP contribution in [-0.2, 0) is 4.79 Å². The van der Waals surface area contributed by atoms with Crippen molar-refractivity contribution in [3.63, 3.8) is 0 Å². The maximum atomic E-state index is 12.8. The molecule has 0 bridgehead atoms. The maximum Gasteiger partial charge on any atom is 0.223 e. The highest BCUT2D eigenvalue weighted by Crippen LogP contribution is 2.31. The molecular weight excluding hydrogens is 420 g/mol. The molecule has 7 nitrogen and oxygen atoms in total. The zero-order valence-electron chi connectivity index (χ0n) is 18.8. The molecule has 3 aromatic heterocycles. The van der Waals surface area contributed by atoms with Crippen molar-refractivity contribution in [1.29, 1.82) is 0 Å². The number of nitrogens with zero attached hydrogens (tertiary/aromatic N) is 6. The lowest BCUT2D eigenvalue weighted by molar-refractivity contribution is -0.132. The summed E-state index contributed by atoms with van der Waals surface area (Å²) in [6.07, 6.45) is 1.47. The first kappa shape index (κ1) is 20.9. The minimum atomic E-state index is -0.00672. The number of amides is 1. The Labute approximate surface area is 191 Å². The van der Waals surface area contributed by atoms with Gasteiger partial charge in [-0.15, -0.1) is 21.5 Å². The summed E-state index contributed by atoms with van der Waals surface area (Å²) < 4.78 is 2.08. The Bertz CT molecular complexity index is 1260. The molecule has 0 unspecified atom stereocenters. The van der Waals surface area contributed by atoms with Crippen LogP contribution in [-0.4, -0.2) is 56.6 Å². The van der Waals surface area contributed by atoms with Crippen molar-refractivity contribution in [3.05, 3.63) is 41.8 Å². The van der Waals surface area contributed by atoms with Gasteiger partial charge in [0.15, 0.2) is 11.5 Å². The highest BCUT2D eigenvalue weighted by Gasteiger charge is 2.26. The van der Waals surface area contributed by atoms with E-state index in [-0.39, 0.29) is 11.3 Å². The second-order valence-corrected chi connectivity index (χ2v) is 10.5. The quantitative estimate of drug-likeness (QED) is 0.462. The van der Waals surface area contributed by atoms with Gasteiger partial charge >= 0.3 is 0 Å². The monoisotopic (exact) mass is 448 g/mol. The highest BCUT2D eigenvalue weighted by molar-refractivity contribution is 7.13. The number of hydrogen-bond donors (Lipinski definition) is 0. The van der Waals surface area contributed by atoms with E-state index in [1.807, 2.05) is 35.2 Å². The third-order valence-electron chi connectivity index (χ3n) is 5.78. The van der Waals surface area contributed by atoms with Gasteiger partial charge in [-0.1, -0.05) is 39.0 Å². The normalized spacial score (nSPS) is 15.5. The van der Waals surface area contributed by atoms with Crippen molar-refractivity contribution in [2.45, 2.75) is 33.6 Å². The zero-order chi connectivity index (χ0) is 22.3. The molecule has 0 N–H and O–H groups in total. The van der Waals surface area contributed by atoms with Gasteiger partial charge in [-0.25, -0.2) is 9.38 Å². The van der Waals surface area contributed by atoms with E-state index in [2.05, 4.69) is 51.7 Å². The van der Waals surface area contributed by atoms with Crippen LogP contribution in [0.3, 0.4) is 0 Å². The molecule has 1 saturated heterocycles. The minimum absolute atomic E-state index is 0.00672. The van der Waals surface area contributed by atoms with Gasteiger partial charge in [-0.3, -0.25) is 4.79 Å². The fourth-order valence-corrected chi connectivity index (χ4v) is 4.97. The number of fused-ring (bicyclic) bond motifs is 3. The summed E-state index contributed by atoms with van der Waals surface area (Å²) in [6, 6.07) is 12.2. The average Bonchev–Trinajstić information content (AvgIpc) is 3.36. The first-order chi connectivity index (χ1) is 15.4. The van der Waals surface area contributed by atoms with Crippen molar-refractivity contribution in [1.82, 2.24) is 24.5 Å². The number of rotatable bonds is 3. The summed E-state index contributed by atoms with van der Waals surface area (Å²) in [5.74, 6) is 1.89. The van der Waals surface area contributed by atoms with Gasteiger partial charge in [-0.05, 0) is 35.4 Å². The first-order valence-electron chi connectivity index (χ1n) is 11.1. The fraction of sp³-hybridized carbons (Fsp3) is 0.417. The fourth-order valence-electron chi connectivity index (χ4n) is 4.28. The SMILES string of the molecule is CC(C)(C)CC(=O)N1CCCN(c2nc3ccccc3c3nnc(-c4cccs4)n23)CC1. The molecule has 0 saturated carbocycles. The highest BCUT2D eigenvalue weighted by atomic mass is 32.1. The molecule has 4 aromatic rings. The molecule has 166 valence electrons. The molecule has 0 aliphatic carbocycles. The van der Waals surface area contributed by atoms with Crippen LogP contribution in [0.2, 0.25) is 0 Å². The number of para-hydroxylation sites is 1. The number of aromatic nitrogens is 4. The van der Waals surface area contributed by atoms with E-state index in [0.29, 0.717) is 13.0 Å². The van der Waals surface area contributed by atoms with Gasteiger partial charge in [0.2, 0.25) is 11.9 Å². The smallest absolute Gasteiger partial charge is 0.223 e. The second kappa shape index (κ2) is 8.16. The van der Waals surface area contributed by atoms with E-state index in [4.69, 9.17) is 4.98 Å². The van der Waals surface area contributed by atoms with Gasteiger partial charge < -0.3 is 9.80 Å². The van der Waals surface area contributed by atoms with Crippen molar-refractivity contribution in [2.75, 3.05) is 31.1 Å². The predicted octanol–water partition coefficient (Wildman–Crippen LogP) is 4.48. The van der Waals surface area contributed by atoms with Crippen LogP contribution in [0.4, 0.5) is 5.95 Å². The molecule has 0 spiro atoms. The van der Waals surface area contributed by atoms with E-state index in [1.54, 1.807) is 11.3 Å². The minimum Gasteiger partial charge on any atom is -0.341 e. The van der Waals surface area contributed by atoms with Crippen molar-refractivity contribution in [3.8, 4) is 10.7 Å². The standard InChI is InChI=1S/C24H28N6OS/c1-24(2,3)16-20(31)28-11-7-12-29(14-13-28)23-25-18-9-5-4-8-17(18)21-26-27-22(30(21)23)19-10-6-15-32-19/h4-6,8-10,15H,7,11-14,16H2,1-3H3. The Morgan fingerprint density at radius 3 is 2.66 bits per heavy atom. The molecule has 1 amide bonds. The number of thiophene rings is 1. The van der Waals surface area contributed by atoms with E-state index in [1.165, 1.54) is 0 Å². The van der Waals surface area contributed by atoms with E-state index in [0.717, 1.165) is 59.3 Å². The molecule has 0 atom stereocenters. The molecular formula is C24H28N6OS. The molecule has 1 aliphatic rings. The lowest BCUT2D eigenvalue weighted by Gasteiger charge is -2.26. The lowest BCUT2D eigenvalue weighted by atomic mass is 9.91. The third-order valence-corrected chi connectivity index (χ3v) is 6.65. The van der Waals surface area contributed by atoms with Gasteiger partial charge in [0.1, 0.15) is 0 Å². The Balaban J connectivity index is 1.54. The number of carbonyl (C=O) groups excluding carboxylic acids is 1. The summed E-state index contributed by atoms with van der Waals surface area (Å²) in [5.41, 5.74) is 1.72. The molecule has 0 radical (unpaired) electrons. The Morgan fingerprint density at radius 1 is 1.03 bits per heavy atom. The molecule has 5 rings (SSSR count). The number of hydrogen-bond acceptors (Lipinski definition) is 6. The Hall–Kier alpha value is -3.00. The zero-order valence-corrected chi connectivity index (χ0v) is 19.6. The van der Waals surface area contributed by atoms with Crippen molar-refractivity contribution < 1.29 is 4.79 Å². The molecule has 4 heterocycles. The summed E-state index contributed by atoms with van der Waals surface area (Å²) in [6.45, 7) is 9.39. The van der Waals surface area contributed by atoms with Crippen LogP contribution in [0.5, 0.6) is 0 Å². The third kappa shape index (κ3) is 3.95. The van der Waals surface area contributed by atoms with Crippen molar-refractivity contribution >= 4 is 39.7 Å². The Kier molecular flexibility index (Phi) is 5.33. The molecule has 32 heavy (non-hydrogen) atoms. The van der Waals surface area contributed by atoms with Crippen LogP contribution in [0, 0.1) is 5.41 Å². The van der Waals surface area contributed by atoms with Gasteiger partial charge in [0.25, 0.3) is 0 Å². The van der Waals surface area contributed by atoms with Crippen LogP contribution in [0.15, 0.2) is 41.8 Å². The van der Waals surface area contributed by atoms with E-state index >= 15 is 0 Å². The number of anilines is 1. The molecule has 1 aliphatic heterocycles.